The van der Waals surface area contributed by atoms with Crippen LogP contribution in [0.5, 0.6) is 5.75 Å². The Labute approximate surface area is 214 Å². The number of benzene rings is 1. The minimum atomic E-state index is -4.54. The number of nitrogens with zero attached hydrogens (tertiary/aromatic N) is 1. The van der Waals surface area contributed by atoms with E-state index in [1.165, 1.54) is 32.5 Å². The summed E-state index contributed by atoms with van der Waals surface area (Å²) >= 11 is 3.45. The third-order valence-electron chi connectivity index (χ3n) is 6.23. The Morgan fingerprint density at radius 1 is 1.11 bits per heavy atom. The Morgan fingerprint density at radius 2 is 1.78 bits per heavy atom. The zero-order valence-corrected chi connectivity index (χ0v) is 21.8. The van der Waals surface area contributed by atoms with Crippen LogP contribution in [0.2, 0.25) is 0 Å². The molecule has 0 aliphatic heterocycles. The molecule has 1 aliphatic carbocycles. The molecule has 1 saturated carbocycles. The van der Waals surface area contributed by atoms with Crippen LogP contribution in [0.25, 0.3) is 0 Å². The van der Waals surface area contributed by atoms with Gasteiger partial charge in [0.05, 0.1) is 19.6 Å². The fourth-order valence-corrected chi connectivity index (χ4v) is 4.33. The number of methoxy groups -OCH3 is 2. The van der Waals surface area contributed by atoms with Gasteiger partial charge in [-0.05, 0) is 62.1 Å². The third-order valence-corrected chi connectivity index (χ3v) is 6.97. The molecule has 1 aromatic carbocycles. The predicted molar refractivity (Wildman–Crippen MR) is 128 cm³/mol. The Bertz CT molecular complexity index is 1190. The monoisotopic (exact) mass is 570 g/mol. The van der Waals surface area contributed by atoms with E-state index >= 15 is 0 Å². The normalized spacial score (nSPS) is 14.7. The number of ether oxygens (including phenoxy) is 2. The molecule has 0 saturated heterocycles. The van der Waals surface area contributed by atoms with Gasteiger partial charge in [0.15, 0.2) is 0 Å². The molecule has 0 radical (unpaired) electrons. The standard InChI is InChI=1S/C25H26BrF3N2O5/c1-23(2,22(34)36-4)17-13-18(26)15(12-20(17)35-3)11-16(32)9-14-5-8-30-19(10-14)21(33)31-24(6-7-24)25(27,28)29/h5,8,10,12-13H,6-7,9,11H2,1-4H3,(H,31,33). The van der Waals surface area contributed by atoms with Gasteiger partial charge >= 0.3 is 12.1 Å². The minimum absolute atomic E-state index is 0.0108. The SMILES string of the molecule is COC(=O)C(C)(C)c1cc(Br)c(CC(=O)Cc2ccnc(C(=O)NC3(C(F)(F)F)CC3)c2)cc1OC. The summed E-state index contributed by atoms with van der Waals surface area (Å²) in [5.74, 6) is -1.17. The van der Waals surface area contributed by atoms with E-state index in [0.717, 1.165) is 0 Å². The Kier molecular flexibility index (Phi) is 7.83. The van der Waals surface area contributed by atoms with E-state index in [1.54, 1.807) is 26.0 Å². The van der Waals surface area contributed by atoms with Gasteiger partial charge in [-0.3, -0.25) is 19.4 Å². The number of hydrogen-bond donors (Lipinski definition) is 1. The average molecular weight is 571 g/mol. The van der Waals surface area contributed by atoms with E-state index in [0.29, 0.717) is 26.9 Å². The summed E-state index contributed by atoms with van der Waals surface area (Å²) in [5.41, 5.74) is -1.73. The van der Waals surface area contributed by atoms with Gasteiger partial charge in [-0.1, -0.05) is 15.9 Å². The maximum atomic E-state index is 13.1. The van der Waals surface area contributed by atoms with E-state index in [1.807, 2.05) is 5.32 Å². The summed E-state index contributed by atoms with van der Waals surface area (Å²) in [6.07, 6.45) is -3.64. The first-order chi connectivity index (χ1) is 16.7. The van der Waals surface area contributed by atoms with Crippen molar-refractivity contribution < 1.29 is 37.0 Å². The molecule has 7 nitrogen and oxygen atoms in total. The Balaban J connectivity index is 1.74. The van der Waals surface area contributed by atoms with E-state index in [9.17, 15) is 27.6 Å². The third kappa shape index (κ3) is 5.71. The molecule has 1 fully saturated rings. The molecule has 0 atom stereocenters. The summed E-state index contributed by atoms with van der Waals surface area (Å²) in [4.78, 5) is 41.3. The number of nitrogens with one attached hydrogen (secondary N) is 1. The number of ketones is 1. The van der Waals surface area contributed by atoms with E-state index < -0.39 is 29.0 Å². The van der Waals surface area contributed by atoms with Crippen molar-refractivity contribution in [2.24, 2.45) is 0 Å². The fourth-order valence-electron chi connectivity index (χ4n) is 3.85. The highest BCUT2D eigenvalue weighted by molar-refractivity contribution is 9.10. The lowest BCUT2D eigenvalue weighted by molar-refractivity contribution is -0.163. The number of rotatable bonds is 9. The van der Waals surface area contributed by atoms with Gasteiger partial charge in [0.25, 0.3) is 5.91 Å². The average Bonchev–Trinajstić information content (AvgIpc) is 3.60. The minimum Gasteiger partial charge on any atom is -0.496 e. The first-order valence-corrected chi connectivity index (χ1v) is 11.8. The Morgan fingerprint density at radius 3 is 2.33 bits per heavy atom. The van der Waals surface area contributed by atoms with Crippen molar-refractivity contribution >= 4 is 33.6 Å². The van der Waals surface area contributed by atoms with Crippen molar-refractivity contribution in [3.05, 3.63) is 57.3 Å². The molecule has 1 heterocycles. The lowest BCUT2D eigenvalue weighted by Gasteiger charge is -2.25. The number of hydrogen-bond acceptors (Lipinski definition) is 6. The molecule has 1 aliphatic rings. The highest BCUT2D eigenvalue weighted by Gasteiger charge is 2.64. The maximum Gasteiger partial charge on any atom is 0.411 e. The number of Topliss-reactive ketones (excluding diaryl/α,β-unsaturated/α-hetero) is 1. The molecule has 36 heavy (non-hydrogen) atoms. The van der Waals surface area contributed by atoms with Gasteiger partial charge in [-0.15, -0.1) is 0 Å². The van der Waals surface area contributed by atoms with Crippen molar-refractivity contribution in [3.8, 4) is 5.75 Å². The smallest absolute Gasteiger partial charge is 0.411 e. The largest absolute Gasteiger partial charge is 0.496 e. The maximum absolute atomic E-state index is 13.1. The molecule has 1 aromatic heterocycles. The number of pyridine rings is 1. The number of carbonyl (C=O) groups excluding carboxylic acids is 3. The van der Waals surface area contributed by atoms with Gasteiger partial charge in [0, 0.05) is 29.1 Å². The number of halogens is 4. The van der Waals surface area contributed by atoms with Gasteiger partial charge in [-0.2, -0.15) is 13.2 Å². The van der Waals surface area contributed by atoms with Gasteiger partial charge in [-0.25, -0.2) is 0 Å². The molecule has 3 rings (SSSR count). The number of aromatic nitrogens is 1. The molecule has 1 N–H and O–H groups in total. The second-order valence-corrected chi connectivity index (χ2v) is 10.1. The first kappa shape index (κ1) is 27.6. The molecule has 0 unspecified atom stereocenters. The summed E-state index contributed by atoms with van der Waals surface area (Å²) < 4.78 is 50.4. The molecular weight excluding hydrogens is 545 g/mol. The number of esters is 1. The molecule has 0 bridgehead atoms. The highest BCUT2D eigenvalue weighted by Crippen LogP contribution is 2.49. The van der Waals surface area contributed by atoms with Crippen LogP contribution in [0.15, 0.2) is 34.9 Å². The van der Waals surface area contributed by atoms with Crippen molar-refractivity contribution in [3.63, 3.8) is 0 Å². The van der Waals surface area contributed by atoms with Crippen LogP contribution < -0.4 is 10.1 Å². The number of alkyl halides is 3. The van der Waals surface area contributed by atoms with Crippen LogP contribution in [-0.4, -0.2) is 48.6 Å². The van der Waals surface area contributed by atoms with Crippen molar-refractivity contribution in [1.82, 2.24) is 10.3 Å². The van der Waals surface area contributed by atoms with Crippen molar-refractivity contribution in [2.45, 2.75) is 56.7 Å². The van der Waals surface area contributed by atoms with Gasteiger partial charge < -0.3 is 14.8 Å². The topological polar surface area (TPSA) is 94.6 Å². The van der Waals surface area contributed by atoms with Gasteiger partial charge in [0.2, 0.25) is 0 Å². The number of amides is 1. The zero-order chi connectivity index (χ0) is 26.9. The molecular formula is C25H26BrF3N2O5. The van der Waals surface area contributed by atoms with Gasteiger partial charge in [0.1, 0.15) is 22.8 Å². The molecule has 194 valence electrons. The zero-order valence-electron chi connectivity index (χ0n) is 20.2. The lowest BCUT2D eigenvalue weighted by Crippen LogP contribution is -2.48. The van der Waals surface area contributed by atoms with Crippen LogP contribution in [0.1, 0.15) is 53.9 Å². The second kappa shape index (κ2) is 10.2. The number of carbonyl (C=O) groups is 3. The van der Waals surface area contributed by atoms with E-state index in [-0.39, 0.29) is 37.2 Å². The van der Waals surface area contributed by atoms with E-state index in [2.05, 4.69) is 20.9 Å². The lowest BCUT2D eigenvalue weighted by atomic mass is 9.83. The van der Waals surface area contributed by atoms with Crippen LogP contribution >= 0.6 is 15.9 Å². The fraction of sp³-hybridized carbons (Fsp3) is 0.440. The van der Waals surface area contributed by atoms with Crippen molar-refractivity contribution in [2.75, 3.05) is 14.2 Å². The summed E-state index contributed by atoms with van der Waals surface area (Å²) in [6, 6.07) is 6.22. The van der Waals surface area contributed by atoms with Crippen LogP contribution in [0, 0.1) is 0 Å². The second-order valence-electron chi connectivity index (χ2n) is 9.24. The van der Waals surface area contributed by atoms with Crippen molar-refractivity contribution in [1.29, 1.82) is 0 Å². The molecule has 0 spiro atoms. The first-order valence-electron chi connectivity index (χ1n) is 11.1. The molecule has 1 amide bonds. The van der Waals surface area contributed by atoms with E-state index in [4.69, 9.17) is 9.47 Å². The quantitative estimate of drug-likeness (QED) is 0.447. The van der Waals surface area contributed by atoms with Crippen LogP contribution in [0.4, 0.5) is 13.2 Å². The Hall–Kier alpha value is -2.95. The highest BCUT2D eigenvalue weighted by atomic mass is 79.9. The van der Waals surface area contributed by atoms with Crippen LogP contribution in [-0.2, 0) is 32.6 Å². The molecule has 11 heteroatoms. The summed E-state index contributed by atoms with van der Waals surface area (Å²) in [6.45, 7) is 3.40. The van der Waals surface area contributed by atoms with Crippen LogP contribution in [0.3, 0.4) is 0 Å². The summed E-state index contributed by atoms with van der Waals surface area (Å²) in [7, 11) is 2.76. The molecule has 2 aromatic rings. The predicted octanol–water partition coefficient (Wildman–Crippen LogP) is 4.48. The summed E-state index contributed by atoms with van der Waals surface area (Å²) in [5, 5.41) is 2.03.